The first kappa shape index (κ1) is 17.5. The summed E-state index contributed by atoms with van der Waals surface area (Å²) in [6.07, 6.45) is 1.87. The molecule has 0 spiro atoms. The predicted molar refractivity (Wildman–Crippen MR) is 114 cm³/mol. The van der Waals surface area contributed by atoms with Crippen molar-refractivity contribution in [1.29, 1.82) is 0 Å². The molecule has 0 radical (unpaired) electrons. The molecule has 0 bridgehead atoms. The van der Waals surface area contributed by atoms with Crippen LogP contribution in [0.2, 0.25) is 0 Å². The summed E-state index contributed by atoms with van der Waals surface area (Å²) in [7, 11) is 0. The van der Waals surface area contributed by atoms with Gasteiger partial charge in [0.1, 0.15) is 5.82 Å². The van der Waals surface area contributed by atoms with Crippen molar-refractivity contribution >= 4 is 22.5 Å². The smallest absolute Gasteiger partial charge is 0.251 e. The summed E-state index contributed by atoms with van der Waals surface area (Å²) in [6.45, 7) is 1.52. The van der Waals surface area contributed by atoms with Crippen molar-refractivity contribution < 1.29 is 9.18 Å². The third-order valence-corrected chi connectivity index (χ3v) is 5.45. The Morgan fingerprint density at radius 1 is 1.00 bits per heavy atom. The van der Waals surface area contributed by atoms with Crippen LogP contribution in [0.3, 0.4) is 0 Å². The molecule has 0 atom stereocenters. The maximum Gasteiger partial charge on any atom is 0.251 e. The van der Waals surface area contributed by atoms with E-state index in [-0.39, 0.29) is 17.8 Å². The van der Waals surface area contributed by atoms with Crippen LogP contribution in [-0.2, 0) is 0 Å². The van der Waals surface area contributed by atoms with Gasteiger partial charge in [0, 0.05) is 47.0 Å². The van der Waals surface area contributed by atoms with Crippen LogP contribution in [0.4, 0.5) is 10.1 Å². The molecule has 1 aliphatic heterocycles. The normalized spacial score (nSPS) is 14.0. The van der Waals surface area contributed by atoms with E-state index in [9.17, 15) is 9.18 Å². The highest BCUT2D eigenvalue weighted by Gasteiger charge is 2.28. The monoisotopic (exact) mass is 385 g/mol. The van der Waals surface area contributed by atoms with E-state index in [1.807, 2.05) is 60.8 Å². The molecule has 1 aromatic heterocycles. The lowest BCUT2D eigenvalue weighted by atomic mass is 10.0. The summed E-state index contributed by atoms with van der Waals surface area (Å²) in [4.78, 5) is 17.8. The highest BCUT2D eigenvalue weighted by atomic mass is 19.1. The number of hydrogen-bond donors (Lipinski definition) is 2. The number of nitrogens with one attached hydrogen (secondary N) is 2. The third-order valence-electron chi connectivity index (χ3n) is 5.45. The molecular formula is C24H20FN3O. The zero-order chi connectivity index (χ0) is 19.8. The highest BCUT2D eigenvalue weighted by molar-refractivity contribution is 5.98. The zero-order valence-electron chi connectivity index (χ0n) is 15.7. The molecular weight excluding hydrogens is 365 g/mol. The molecule has 29 heavy (non-hydrogen) atoms. The van der Waals surface area contributed by atoms with Gasteiger partial charge in [0.05, 0.1) is 6.04 Å². The minimum absolute atomic E-state index is 0.0485. The standard InChI is InChI=1S/C24H20FN3O/c25-22-4-2-1-3-21(22)16-5-8-20(9-6-16)28-14-19(15-28)27-24(29)18-7-10-23-17(13-18)11-12-26-23/h1-13,19,26H,14-15H2,(H,27,29). The molecule has 0 aliphatic carbocycles. The lowest BCUT2D eigenvalue weighted by Gasteiger charge is -2.41. The van der Waals surface area contributed by atoms with Gasteiger partial charge in [-0.25, -0.2) is 4.39 Å². The molecule has 5 rings (SSSR count). The van der Waals surface area contributed by atoms with Gasteiger partial charge < -0.3 is 15.2 Å². The molecule has 1 amide bonds. The van der Waals surface area contributed by atoms with Crippen molar-refractivity contribution in [2.45, 2.75) is 6.04 Å². The average Bonchev–Trinajstić information content (AvgIpc) is 3.19. The first-order valence-corrected chi connectivity index (χ1v) is 9.65. The Bertz CT molecular complexity index is 1180. The fourth-order valence-electron chi connectivity index (χ4n) is 3.79. The summed E-state index contributed by atoms with van der Waals surface area (Å²) >= 11 is 0. The van der Waals surface area contributed by atoms with Crippen LogP contribution in [-0.4, -0.2) is 30.0 Å². The van der Waals surface area contributed by atoms with Crippen LogP contribution in [0.1, 0.15) is 10.4 Å². The molecule has 144 valence electrons. The fraction of sp³-hybridized carbons (Fsp3) is 0.125. The van der Waals surface area contributed by atoms with Crippen molar-refractivity contribution in [2.24, 2.45) is 0 Å². The van der Waals surface area contributed by atoms with Crippen molar-refractivity contribution in [3.05, 3.63) is 90.4 Å². The minimum Gasteiger partial charge on any atom is -0.367 e. The quantitative estimate of drug-likeness (QED) is 0.540. The number of aromatic amines is 1. The van der Waals surface area contributed by atoms with Gasteiger partial charge in [0.2, 0.25) is 0 Å². The number of benzene rings is 3. The van der Waals surface area contributed by atoms with E-state index in [4.69, 9.17) is 0 Å². The second kappa shape index (κ2) is 7.09. The fourth-order valence-corrected chi connectivity index (χ4v) is 3.79. The topological polar surface area (TPSA) is 48.1 Å². The van der Waals surface area contributed by atoms with Gasteiger partial charge in [0.25, 0.3) is 5.91 Å². The molecule has 4 nitrogen and oxygen atoms in total. The number of fused-ring (bicyclic) bond motifs is 1. The molecule has 4 aromatic rings. The van der Waals surface area contributed by atoms with Crippen LogP contribution in [0.25, 0.3) is 22.0 Å². The Labute approximate surface area is 168 Å². The Hall–Kier alpha value is -3.60. The van der Waals surface area contributed by atoms with E-state index >= 15 is 0 Å². The van der Waals surface area contributed by atoms with E-state index in [0.29, 0.717) is 11.1 Å². The number of hydrogen-bond acceptors (Lipinski definition) is 2. The van der Waals surface area contributed by atoms with Crippen LogP contribution in [0.15, 0.2) is 79.0 Å². The van der Waals surface area contributed by atoms with Crippen molar-refractivity contribution in [2.75, 3.05) is 18.0 Å². The first-order valence-electron chi connectivity index (χ1n) is 9.65. The van der Waals surface area contributed by atoms with Crippen LogP contribution >= 0.6 is 0 Å². The predicted octanol–water partition coefficient (Wildman–Crippen LogP) is 4.59. The molecule has 2 heterocycles. The number of anilines is 1. The number of carbonyl (C=O) groups is 1. The van der Waals surface area contributed by atoms with Gasteiger partial charge in [-0.3, -0.25) is 4.79 Å². The second-order valence-corrected chi connectivity index (χ2v) is 7.38. The first-order chi connectivity index (χ1) is 14.2. The van der Waals surface area contributed by atoms with E-state index in [2.05, 4.69) is 15.2 Å². The lowest BCUT2D eigenvalue weighted by molar-refractivity contribution is 0.0930. The molecule has 3 aromatic carbocycles. The largest absolute Gasteiger partial charge is 0.367 e. The van der Waals surface area contributed by atoms with Crippen molar-refractivity contribution in [3.63, 3.8) is 0 Å². The summed E-state index contributed by atoms with van der Waals surface area (Å²) in [6, 6.07) is 22.4. The van der Waals surface area contributed by atoms with Crippen LogP contribution < -0.4 is 10.2 Å². The maximum atomic E-state index is 13.9. The Balaban J connectivity index is 1.20. The van der Waals surface area contributed by atoms with Gasteiger partial charge >= 0.3 is 0 Å². The van der Waals surface area contributed by atoms with Gasteiger partial charge in [-0.15, -0.1) is 0 Å². The van der Waals surface area contributed by atoms with Gasteiger partial charge in [-0.1, -0.05) is 30.3 Å². The lowest BCUT2D eigenvalue weighted by Crippen LogP contribution is -2.59. The second-order valence-electron chi connectivity index (χ2n) is 7.38. The van der Waals surface area contributed by atoms with Gasteiger partial charge in [-0.05, 0) is 48.0 Å². The van der Waals surface area contributed by atoms with Crippen LogP contribution in [0, 0.1) is 5.82 Å². The van der Waals surface area contributed by atoms with E-state index in [1.54, 1.807) is 12.1 Å². The number of carbonyl (C=O) groups excluding carboxylic acids is 1. The summed E-state index contributed by atoms with van der Waals surface area (Å²) in [5, 5.41) is 4.12. The molecule has 0 saturated carbocycles. The highest BCUT2D eigenvalue weighted by Crippen LogP contribution is 2.27. The molecule has 5 heteroatoms. The van der Waals surface area contributed by atoms with Crippen molar-refractivity contribution in [1.82, 2.24) is 10.3 Å². The number of amides is 1. The number of nitrogens with zero attached hydrogens (tertiary/aromatic N) is 1. The average molecular weight is 385 g/mol. The zero-order valence-corrected chi connectivity index (χ0v) is 15.7. The molecule has 1 aliphatic rings. The van der Waals surface area contributed by atoms with Gasteiger partial charge in [-0.2, -0.15) is 0 Å². The van der Waals surface area contributed by atoms with E-state index < -0.39 is 0 Å². The summed E-state index contributed by atoms with van der Waals surface area (Å²) < 4.78 is 13.9. The maximum absolute atomic E-state index is 13.9. The summed E-state index contributed by atoms with van der Waals surface area (Å²) in [5.41, 5.74) is 4.23. The molecule has 2 N–H and O–H groups in total. The third kappa shape index (κ3) is 3.36. The SMILES string of the molecule is O=C(NC1CN(c2ccc(-c3ccccc3F)cc2)C1)c1ccc2[nH]ccc2c1. The van der Waals surface area contributed by atoms with E-state index in [1.165, 1.54) is 6.07 Å². The Morgan fingerprint density at radius 3 is 2.59 bits per heavy atom. The van der Waals surface area contributed by atoms with Crippen molar-refractivity contribution in [3.8, 4) is 11.1 Å². The number of halogens is 1. The Morgan fingerprint density at radius 2 is 1.79 bits per heavy atom. The van der Waals surface area contributed by atoms with E-state index in [0.717, 1.165) is 35.2 Å². The molecule has 0 unspecified atom stereocenters. The molecule has 1 fully saturated rings. The molecule has 1 saturated heterocycles. The number of H-pyrrole nitrogens is 1. The van der Waals surface area contributed by atoms with Crippen LogP contribution in [0.5, 0.6) is 0 Å². The number of aromatic nitrogens is 1. The minimum atomic E-state index is -0.218. The summed E-state index contributed by atoms with van der Waals surface area (Å²) in [5.74, 6) is -0.266. The van der Waals surface area contributed by atoms with Gasteiger partial charge in [0.15, 0.2) is 0 Å². The Kier molecular flexibility index (Phi) is 4.28. The number of rotatable bonds is 4.